The van der Waals surface area contributed by atoms with Crippen LogP contribution in [0.4, 0.5) is 0 Å². The maximum atomic E-state index is 13.8. The van der Waals surface area contributed by atoms with E-state index in [1.807, 2.05) is 48.5 Å². The maximum Gasteiger partial charge on any atom is 0.276 e. The van der Waals surface area contributed by atoms with Gasteiger partial charge in [-0.25, -0.2) is 10.5 Å². The summed E-state index contributed by atoms with van der Waals surface area (Å²) in [6.45, 7) is 0.530. The molecular weight excluding hydrogens is 566 g/mol. The minimum Gasteiger partial charge on any atom is -0.494 e. The Balaban J connectivity index is 1.81. The van der Waals surface area contributed by atoms with Gasteiger partial charge in [0.05, 0.1) is 20.3 Å². The molecule has 4 rings (SSSR count). The average molecular weight is 594 g/mol. The molecule has 0 bridgehead atoms. The van der Waals surface area contributed by atoms with E-state index in [-0.39, 0.29) is 25.5 Å². The number of azide groups is 1. The van der Waals surface area contributed by atoms with Crippen LogP contribution < -0.4 is 10.2 Å². The zero-order valence-corrected chi connectivity index (χ0v) is 22.9. The summed E-state index contributed by atoms with van der Waals surface area (Å²) in [5.41, 5.74) is 12.9. The third kappa shape index (κ3) is 6.58. The first-order valence-electron chi connectivity index (χ1n) is 12.3. The number of carbonyl (C=O) groups is 1. The quantitative estimate of drug-likeness (QED) is 0.0977. The summed E-state index contributed by atoms with van der Waals surface area (Å²) >= 11 is 3.46. The SMILES string of the molecule is CONC(=O)[C@@]1(Cc2ccc(Br)cc2)N=C(c2ccc(OCCCO)cc2)O[C@H]1c1ccccc1CN=[N+]=[N-]. The molecule has 1 aliphatic heterocycles. The van der Waals surface area contributed by atoms with Gasteiger partial charge in [-0.15, -0.1) is 0 Å². The van der Waals surface area contributed by atoms with Crippen LogP contribution in [-0.2, 0) is 27.3 Å². The number of halogens is 1. The van der Waals surface area contributed by atoms with Gasteiger partial charge in [-0.3, -0.25) is 9.63 Å². The molecule has 3 aromatic carbocycles. The van der Waals surface area contributed by atoms with Crippen LogP contribution >= 0.6 is 15.9 Å². The molecule has 1 aliphatic rings. The fourth-order valence-corrected chi connectivity index (χ4v) is 4.66. The summed E-state index contributed by atoms with van der Waals surface area (Å²) in [4.78, 5) is 26.6. The molecule has 2 atom stereocenters. The van der Waals surface area contributed by atoms with E-state index in [1.165, 1.54) is 7.11 Å². The van der Waals surface area contributed by atoms with Crippen molar-refractivity contribution in [2.45, 2.75) is 31.0 Å². The maximum absolute atomic E-state index is 13.8. The summed E-state index contributed by atoms with van der Waals surface area (Å²) in [5.74, 6) is 0.444. The molecule has 1 heterocycles. The summed E-state index contributed by atoms with van der Waals surface area (Å²) in [6.07, 6.45) is -0.110. The monoisotopic (exact) mass is 593 g/mol. The molecule has 3 aromatic rings. The van der Waals surface area contributed by atoms with Gasteiger partial charge in [-0.05, 0) is 58.6 Å². The third-order valence-electron chi connectivity index (χ3n) is 6.25. The normalized spacial score (nSPS) is 18.0. The van der Waals surface area contributed by atoms with E-state index in [1.54, 1.807) is 24.3 Å². The van der Waals surface area contributed by atoms with Crippen LogP contribution in [0, 0.1) is 0 Å². The van der Waals surface area contributed by atoms with Crippen LogP contribution in [0.2, 0.25) is 0 Å². The molecule has 10 nitrogen and oxygen atoms in total. The second kappa shape index (κ2) is 13.3. The van der Waals surface area contributed by atoms with Gasteiger partial charge < -0.3 is 14.6 Å². The van der Waals surface area contributed by atoms with E-state index in [2.05, 4.69) is 31.4 Å². The van der Waals surface area contributed by atoms with E-state index >= 15 is 0 Å². The minimum absolute atomic E-state index is 0.0509. The van der Waals surface area contributed by atoms with Gasteiger partial charge in [-0.1, -0.05) is 57.4 Å². The number of ether oxygens (including phenoxy) is 2. The van der Waals surface area contributed by atoms with Gasteiger partial charge in [-0.2, -0.15) is 0 Å². The molecule has 39 heavy (non-hydrogen) atoms. The molecule has 11 heteroatoms. The number of aliphatic hydroxyl groups excluding tert-OH is 1. The fourth-order valence-electron chi connectivity index (χ4n) is 4.40. The lowest BCUT2D eigenvalue weighted by atomic mass is 9.81. The number of hydrogen-bond acceptors (Lipinski definition) is 7. The van der Waals surface area contributed by atoms with Crippen molar-refractivity contribution in [2.75, 3.05) is 20.3 Å². The first-order valence-corrected chi connectivity index (χ1v) is 13.1. The number of hydroxylamine groups is 1. The summed E-state index contributed by atoms with van der Waals surface area (Å²) in [6, 6.07) is 22.2. The van der Waals surface area contributed by atoms with Crippen molar-refractivity contribution < 1.29 is 24.2 Å². The lowest BCUT2D eigenvalue weighted by Gasteiger charge is -2.31. The molecular formula is C28H28BrN5O5. The number of benzene rings is 3. The Morgan fingerprint density at radius 3 is 2.62 bits per heavy atom. The van der Waals surface area contributed by atoms with Gasteiger partial charge in [0.25, 0.3) is 5.91 Å². The number of carbonyl (C=O) groups excluding carboxylic acids is 1. The van der Waals surface area contributed by atoms with Crippen molar-refractivity contribution in [1.29, 1.82) is 0 Å². The molecule has 1 amide bonds. The van der Waals surface area contributed by atoms with E-state index in [9.17, 15) is 4.79 Å². The second-order valence-corrected chi connectivity index (χ2v) is 9.73. The largest absolute Gasteiger partial charge is 0.494 e. The van der Waals surface area contributed by atoms with Gasteiger partial charge in [0.15, 0.2) is 11.6 Å². The molecule has 0 saturated carbocycles. The van der Waals surface area contributed by atoms with Gasteiger partial charge >= 0.3 is 0 Å². The Morgan fingerprint density at radius 2 is 1.92 bits per heavy atom. The summed E-state index contributed by atoms with van der Waals surface area (Å²) in [7, 11) is 1.37. The molecule has 0 aromatic heterocycles. The van der Waals surface area contributed by atoms with Gasteiger partial charge in [0.2, 0.25) is 5.90 Å². The molecule has 2 N–H and O–H groups in total. The van der Waals surface area contributed by atoms with Crippen molar-refractivity contribution >= 4 is 27.7 Å². The predicted molar refractivity (Wildman–Crippen MR) is 149 cm³/mol. The smallest absolute Gasteiger partial charge is 0.276 e. The van der Waals surface area contributed by atoms with Crippen LogP contribution in [0.5, 0.6) is 5.75 Å². The Labute approximate surface area is 234 Å². The first kappa shape index (κ1) is 28.1. The molecule has 0 fully saturated rings. The van der Waals surface area contributed by atoms with E-state index in [0.29, 0.717) is 29.9 Å². The van der Waals surface area contributed by atoms with Crippen molar-refractivity contribution in [3.8, 4) is 5.75 Å². The van der Waals surface area contributed by atoms with Crippen molar-refractivity contribution in [2.24, 2.45) is 10.1 Å². The molecule has 0 radical (unpaired) electrons. The van der Waals surface area contributed by atoms with Crippen molar-refractivity contribution in [1.82, 2.24) is 5.48 Å². The highest BCUT2D eigenvalue weighted by atomic mass is 79.9. The Kier molecular flexibility index (Phi) is 9.56. The Hall–Kier alpha value is -3.89. The number of hydrogen-bond donors (Lipinski definition) is 2. The zero-order valence-electron chi connectivity index (χ0n) is 21.3. The highest BCUT2D eigenvalue weighted by Crippen LogP contribution is 2.44. The van der Waals surface area contributed by atoms with Crippen LogP contribution in [0.3, 0.4) is 0 Å². The number of aliphatic hydroxyl groups is 1. The van der Waals surface area contributed by atoms with Gasteiger partial charge in [0.1, 0.15) is 5.75 Å². The van der Waals surface area contributed by atoms with E-state index in [4.69, 9.17) is 29.9 Å². The molecule has 0 spiro atoms. The molecule has 0 saturated heterocycles. The second-order valence-electron chi connectivity index (χ2n) is 8.82. The lowest BCUT2D eigenvalue weighted by Crippen LogP contribution is -2.49. The number of amides is 1. The standard InChI is InChI=1S/C28H28BrN5O5/c1-37-33-27(36)28(17-19-7-11-22(29)12-8-19)25(24-6-3-2-5-21(24)18-31-34-30)39-26(32-28)20-9-13-23(14-10-20)38-16-4-15-35/h2-3,5-14,25,35H,4,15-18H2,1H3,(H,33,36)/t25-,28-/m0/s1. The highest BCUT2D eigenvalue weighted by molar-refractivity contribution is 9.10. The van der Waals surface area contributed by atoms with Crippen LogP contribution in [-0.4, -0.2) is 42.8 Å². The average Bonchev–Trinajstić information content (AvgIpc) is 3.34. The third-order valence-corrected chi connectivity index (χ3v) is 6.78. The molecule has 202 valence electrons. The minimum atomic E-state index is -1.44. The fraction of sp³-hybridized carbons (Fsp3) is 0.286. The number of aliphatic imine (C=N–C) groups is 1. The summed E-state index contributed by atoms with van der Waals surface area (Å²) < 4.78 is 13.0. The lowest BCUT2D eigenvalue weighted by molar-refractivity contribution is -0.139. The zero-order chi connectivity index (χ0) is 27.7. The molecule has 0 unspecified atom stereocenters. The van der Waals surface area contributed by atoms with Crippen molar-refractivity contribution in [3.63, 3.8) is 0 Å². The van der Waals surface area contributed by atoms with Crippen LogP contribution in [0.15, 0.2) is 87.4 Å². The van der Waals surface area contributed by atoms with Gasteiger partial charge in [0, 0.05) is 34.4 Å². The molecule has 0 aliphatic carbocycles. The number of rotatable bonds is 12. The Morgan fingerprint density at radius 1 is 1.18 bits per heavy atom. The van der Waals surface area contributed by atoms with E-state index in [0.717, 1.165) is 15.6 Å². The van der Waals surface area contributed by atoms with E-state index < -0.39 is 17.6 Å². The topological polar surface area (TPSA) is 138 Å². The first-order chi connectivity index (χ1) is 19.0. The Bertz CT molecular complexity index is 1360. The summed E-state index contributed by atoms with van der Waals surface area (Å²) in [5, 5.41) is 12.7. The van der Waals surface area contributed by atoms with Crippen LogP contribution in [0.1, 0.15) is 34.8 Å². The number of nitrogens with zero attached hydrogens (tertiary/aromatic N) is 4. The predicted octanol–water partition coefficient (Wildman–Crippen LogP) is 5.20. The number of nitrogens with one attached hydrogen (secondary N) is 1. The van der Waals surface area contributed by atoms with Crippen molar-refractivity contribution in [3.05, 3.63) is 110 Å². The van der Waals surface area contributed by atoms with Crippen LogP contribution in [0.25, 0.3) is 10.4 Å². The highest BCUT2D eigenvalue weighted by Gasteiger charge is 2.54.